The average molecular weight is 259 g/mol. The van der Waals surface area contributed by atoms with E-state index >= 15 is 0 Å². The molecular formula is C17H25NO. The van der Waals surface area contributed by atoms with Gasteiger partial charge in [0, 0.05) is 6.04 Å². The molecule has 0 saturated heterocycles. The highest BCUT2D eigenvalue weighted by molar-refractivity contribution is 5.38. The Morgan fingerprint density at radius 3 is 3.00 bits per heavy atom. The van der Waals surface area contributed by atoms with E-state index in [1.807, 2.05) is 0 Å². The van der Waals surface area contributed by atoms with Gasteiger partial charge >= 0.3 is 0 Å². The van der Waals surface area contributed by atoms with Gasteiger partial charge < -0.3 is 10.1 Å². The topological polar surface area (TPSA) is 21.3 Å². The molecule has 2 nitrogen and oxygen atoms in total. The summed E-state index contributed by atoms with van der Waals surface area (Å²) >= 11 is 0. The second-order valence-corrected chi connectivity index (χ2v) is 5.91. The summed E-state index contributed by atoms with van der Waals surface area (Å²) < 4.78 is 5.15. The summed E-state index contributed by atoms with van der Waals surface area (Å²) in [5.41, 5.74) is 3.28. The van der Waals surface area contributed by atoms with Crippen molar-refractivity contribution < 1.29 is 4.74 Å². The summed E-state index contributed by atoms with van der Waals surface area (Å²) in [7, 11) is 0. The SMILES string of the molecule is C=COCCCNC1CCC(C)(C)c2ccccc21. The summed E-state index contributed by atoms with van der Waals surface area (Å²) in [6, 6.07) is 9.35. The second kappa shape index (κ2) is 6.25. The van der Waals surface area contributed by atoms with Crippen molar-refractivity contribution in [2.45, 2.75) is 44.6 Å². The quantitative estimate of drug-likeness (QED) is 0.617. The molecule has 1 aromatic rings. The second-order valence-electron chi connectivity index (χ2n) is 5.91. The van der Waals surface area contributed by atoms with E-state index in [0.29, 0.717) is 11.5 Å². The molecule has 1 atom stereocenters. The van der Waals surface area contributed by atoms with Crippen molar-refractivity contribution in [2.75, 3.05) is 13.2 Å². The smallest absolute Gasteiger partial charge is 0.0885 e. The fourth-order valence-electron chi connectivity index (χ4n) is 2.94. The van der Waals surface area contributed by atoms with Crippen LogP contribution in [0, 0.1) is 0 Å². The Hall–Kier alpha value is -1.28. The first-order valence-electron chi connectivity index (χ1n) is 7.20. The molecule has 0 radical (unpaired) electrons. The van der Waals surface area contributed by atoms with Gasteiger partial charge in [-0.25, -0.2) is 0 Å². The molecule has 0 heterocycles. The molecule has 2 rings (SSSR count). The lowest BCUT2D eigenvalue weighted by Crippen LogP contribution is -2.33. The number of fused-ring (bicyclic) bond motifs is 1. The Balaban J connectivity index is 1.98. The Morgan fingerprint density at radius 1 is 1.42 bits per heavy atom. The van der Waals surface area contributed by atoms with Gasteiger partial charge in [-0.1, -0.05) is 44.7 Å². The van der Waals surface area contributed by atoms with Crippen molar-refractivity contribution in [3.8, 4) is 0 Å². The predicted molar refractivity (Wildman–Crippen MR) is 80.2 cm³/mol. The Bertz CT molecular complexity index is 425. The molecule has 19 heavy (non-hydrogen) atoms. The first kappa shape index (κ1) is 14.1. The van der Waals surface area contributed by atoms with Gasteiger partial charge in [0.15, 0.2) is 0 Å². The van der Waals surface area contributed by atoms with E-state index in [-0.39, 0.29) is 0 Å². The van der Waals surface area contributed by atoms with Crippen LogP contribution in [0.4, 0.5) is 0 Å². The molecule has 0 spiro atoms. The number of hydrogen-bond acceptors (Lipinski definition) is 2. The molecular weight excluding hydrogens is 234 g/mol. The molecule has 104 valence electrons. The Morgan fingerprint density at radius 2 is 2.21 bits per heavy atom. The predicted octanol–water partition coefficient (Wildman–Crippen LogP) is 3.94. The third kappa shape index (κ3) is 3.38. The van der Waals surface area contributed by atoms with Gasteiger partial charge in [0.25, 0.3) is 0 Å². The molecule has 1 N–H and O–H groups in total. The monoisotopic (exact) mass is 259 g/mol. The van der Waals surface area contributed by atoms with Crippen LogP contribution < -0.4 is 5.32 Å². The number of nitrogens with one attached hydrogen (secondary N) is 1. The summed E-state index contributed by atoms with van der Waals surface area (Å²) in [6.07, 6.45) is 4.99. The summed E-state index contributed by atoms with van der Waals surface area (Å²) in [5.74, 6) is 0. The molecule has 1 aliphatic rings. The fourth-order valence-corrected chi connectivity index (χ4v) is 2.94. The van der Waals surface area contributed by atoms with Crippen molar-refractivity contribution in [1.82, 2.24) is 5.32 Å². The lowest BCUT2D eigenvalue weighted by Gasteiger charge is -2.37. The highest BCUT2D eigenvalue weighted by atomic mass is 16.5. The van der Waals surface area contributed by atoms with Gasteiger partial charge in [-0.05, 0) is 42.3 Å². The summed E-state index contributed by atoms with van der Waals surface area (Å²) in [6.45, 7) is 9.99. The first-order chi connectivity index (χ1) is 9.15. The van der Waals surface area contributed by atoms with E-state index in [9.17, 15) is 0 Å². The van der Waals surface area contributed by atoms with Crippen molar-refractivity contribution in [3.05, 3.63) is 48.2 Å². The van der Waals surface area contributed by atoms with Crippen LogP contribution in [-0.2, 0) is 10.2 Å². The minimum absolute atomic E-state index is 0.306. The van der Waals surface area contributed by atoms with E-state index < -0.39 is 0 Å². The summed E-state index contributed by atoms with van der Waals surface area (Å²) in [4.78, 5) is 0. The molecule has 2 heteroatoms. The van der Waals surface area contributed by atoms with Crippen molar-refractivity contribution in [2.24, 2.45) is 0 Å². The van der Waals surface area contributed by atoms with Crippen LogP contribution in [0.15, 0.2) is 37.1 Å². The molecule has 0 bridgehead atoms. The third-order valence-corrected chi connectivity index (χ3v) is 4.07. The van der Waals surface area contributed by atoms with Crippen LogP contribution in [0.2, 0.25) is 0 Å². The van der Waals surface area contributed by atoms with E-state index in [1.165, 1.54) is 30.2 Å². The number of rotatable bonds is 6. The van der Waals surface area contributed by atoms with Gasteiger partial charge in [0.2, 0.25) is 0 Å². The lowest BCUT2D eigenvalue weighted by atomic mass is 9.71. The zero-order valence-corrected chi connectivity index (χ0v) is 12.1. The maximum absolute atomic E-state index is 5.15. The van der Waals surface area contributed by atoms with E-state index in [4.69, 9.17) is 4.74 Å². The van der Waals surface area contributed by atoms with Gasteiger partial charge in [-0.3, -0.25) is 0 Å². The first-order valence-corrected chi connectivity index (χ1v) is 7.20. The summed E-state index contributed by atoms with van der Waals surface area (Å²) in [5, 5.41) is 3.66. The Labute approximate surface area is 116 Å². The van der Waals surface area contributed by atoms with Crippen LogP contribution in [0.3, 0.4) is 0 Å². The van der Waals surface area contributed by atoms with E-state index in [1.54, 1.807) is 0 Å². The minimum Gasteiger partial charge on any atom is -0.502 e. The van der Waals surface area contributed by atoms with Gasteiger partial charge in [-0.2, -0.15) is 0 Å². The largest absolute Gasteiger partial charge is 0.502 e. The number of hydrogen-bond donors (Lipinski definition) is 1. The highest BCUT2D eigenvalue weighted by Crippen LogP contribution is 2.41. The van der Waals surface area contributed by atoms with Crippen LogP contribution in [0.1, 0.15) is 50.3 Å². The van der Waals surface area contributed by atoms with E-state index in [0.717, 1.165) is 19.6 Å². The highest BCUT2D eigenvalue weighted by Gasteiger charge is 2.31. The zero-order chi connectivity index (χ0) is 13.7. The van der Waals surface area contributed by atoms with Gasteiger partial charge in [-0.15, -0.1) is 0 Å². The normalized spacial score (nSPS) is 20.6. The molecule has 1 aliphatic carbocycles. The molecule has 0 aromatic heterocycles. The average Bonchev–Trinajstić information content (AvgIpc) is 2.41. The van der Waals surface area contributed by atoms with Crippen LogP contribution in [-0.4, -0.2) is 13.2 Å². The number of ether oxygens (including phenoxy) is 1. The van der Waals surface area contributed by atoms with Crippen molar-refractivity contribution in [1.29, 1.82) is 0 Å². The maximum atomic E-state index is 5.15. The molecule has 0 aliphatic heterocycles. The van der Waals surface area contributed by atoms with Crippen molar-refractivity contribution in [3.63, 3.8) is 0 Å². The zero-order valence-electron chi connectivity index (χ0n) is 12.1. The minimum atomic E-state index is 0.306. The molecule has 1 aromatic carbocycles. The molecule has 0 fully saturated rings. The van der Waals surface area contributed by atoms with E-state index in [2.05, 4.69) is 50.0 Å². The Kier molecular flexibility index (Phi) is 4.65. The van der Waals surface area contributed by atoms with Gasteiger partial charge in [0.1, 0.15) is 0 Å². The fraction of sp³-hybridized carbons (Fsp3) is 0.529. The number of benzene rings is 1. The van der Waals surface area contributed by atoms with Crippen LogP contribution in [0.25, 0.3) is 0 Å². The third-order valence-electron chi connectivity index (χ3n) is 4.07. The molecule has 0 saturated carbocycles. The van der Waals surface area contributed by atoms with Crippen molar-refractivity contribution >= 4 is 0 Å². The maximum Gasteiger partial charge on any atom is 0.0885 e. The standard InChI is InChI=1S/C17H25NO/c1-4-19-13-7-12-18-16-10-11-17(2,3)15-9-6-5-8-14(15)16/h4-6,8-9,16,18H,1,7,10-13H2,2-3H3. The lowest BCUT2D eigenvalue weighted by molar-refractivity contribution is 0.240. The van der Waals surface area contributed by atoms with Crippen LogP contribution >= 0.6 is 0 Å². The molecule has 1 unspecified atom stereocenters. The van der Waals surface area contributed by atoms with Crippen LogP contribution in [0.5, 0.6) is 0 Å². The molecule has 0 amide bonds. The van der Waals surface area contributed by atoms with Gasteiger partial charge in [0.05, 0.1) is 12.9 Å².